The number of para-hydroxylation sites is 1. The maximum absolute atomic E-state index is 12.6. The third-order valence-corrected chi connectivity index (χ3v) is 5.49. The fourth-order valence-electron chi connectivity index (χ4n) is 2.27. The van der Waals surface area contributed by atoms with Crippen molar-refractivity contribution < 1.29 is 49.3 Å². The van der Waals surface area contributed by atoms with Crippen LogP contribution in [0.15, 0.2) is 41.3 Å². The number of nitrogens with zero attached hydrogens (tertiary/aromatic N) is 1. The number of amides is 1. The molecule has 0 unspecified atom stereocenters. The third kappa shape index (κ3) is 3.24. The van der Waals surface area contributed by atoms with Gasteiger partial charge in [0.05, 0.1) is 20.6 Å². The minimum absolute atomic E-state index is 0. The van der Waals surface area contributed by atoms with Gasteiger partial charge in [-0.15, -0.1) is 0 Å². The summed E-state index contributed by atoms with van der Waals surface area (Å²) in [5.41, 5.74) is 0.410. The molecule has 0 radical (unpaired) electrons. The normalized spacial score (nSPS) is 15.0. The molecule has 23 heavy (non-hydrogen) atoms. The Bertz CT molecular complexity index is 884. The fourth-order valence-corrected chi connectivity index (χ4v) is 4.27. The van der Waals surface area contributed by atoms with Gasteiger partial charge in [-0.2, -0.15) is 0 Å². The Kier molecular flexibility index (Phi) is 5.35. The van der Waals surface area contributed by atoms with Crippen molar-refractivity contribution in [3.8, 4) is 5.75 Å². The van der Waals surface area contributed by atoms with Crippen molar-refractivity contribution in [1.82, 2.24) is 0 Å². The second-order valence-electron chi connectivity index (χ2n) is 4.73. The van der Waals surface area contributed by atoms with E-state index in [1.165, 1.54) is 18.2 Å². The first-order chi connectivity index (χ1) is 10.3. The summed E-state index contributed by atoms with van der Waals surface area (Å²) in [6.45, 7) is 0. The molecule has 1 N–H and O–H groups in total. The van der Waals surface area contributed by atoms with Crippen LogP contribution in [-0.4, -0.2) is 25.3 Å². The number of hydrogen-bond donors (Lipinski definition) is 1. The van der Waals surface area contributed by atoms with Gasteiger partial charge >= 0.3 is 29.6 Å². The maximum Gasteiger partial charge on any atom is 1.00 e. The van der Waals surface area contributed by atoms with Crippen molar-refractivity contribution in [1.29, 1.82) is 0 Å². The van der Waals surface area contributed by atoms with Gasteiger partial charge in [-0.05, 0) is 24.3 Å². The number of phenols is 1. The molecule has 0 atom stereocenters. The Morgan fingerprint density at radius 2 is 1.74 bits per heavy atom. The average Bonchev–Trinajstić information content (AvgIpc) is 2.76. The van der Waals surface area contributed by atoms with Crippen molar-refractivity contribution in [2.45, 2.75) is 4.90 Å². The van der Waals surface area contributed by atoms with Crippen molar-refractivity contribution in [3.63, 3.8) is 0 Å². The van der Waals surface area contributed by atoms with Crippen molar-refractivity contribution in [2.75, 3.05) is 10.8 Å². The number of halogens is 2. The predicted octanol–water partition coefficient (Wildman–Crippen LogP) is 0.207. The van der Waals surface area contributed by atoms with Crippen LogP contribution in [0.2, 0.25) is 10.0 Å². The second-order valence-corrected chi connectivity index (χ2v) is 7.48. The number of fused-ring (bicyclic) bond motifs is 1. The van der Waals surface area contributed by atoms with Crippen LogP contribution in [-0.2, 0) is 9.84 Å². The number of hydrogen-bond acceptors (Lipinski definition) is 4. The van der Waals surface area contributed by atoms with Gasteiger partial charge in [0.25, 0.3) is 5.91 Å². The number of aromatic hydroxyl groups is 1. The van der Waals surface area contributed by atoms with E-state index in [2.05, 4.69) is 0 Å². The third-order valence-electron chi connectivity index (χ3n) is 3.30. The molecule has 0 saturated heterocycles. The molecular weight excluding hydrogens is 372 g/mol. The molecule has 0 bridgehead atoms. The Morgan fingerprint density at radius 3 is 2.35 bits per heavy atom. The van der Waals surface area contributed by atoms with Crippen LogP contribution in [0.25, 0.3) is 0 Å². The molecule has 2 aromatic rings. The van der Waals surface area contributed by atoms with Gasteiger partial charge in [-0.25, -0.2) is 8.42 Å². The van der Waals surface area contributed by atoms with Gasteiger partial charge in [-0.1, -0.05) is 35.3 Å². The number of sulfone groups is 1. The summed E-state index contributed by atoms with van der Waals surface area (Å²) in [6.07, 6.45) is 0. The van der Waals surface area contributed by atoms with Gasteiger partial charge < -0.3 is 6.53 Å². The summed E-state index contributed by atoms with van der Waals surface area (Å²) in [5.74, 6) is -1.33. The zero-order valence-electron chi connectivity index (χ0n) is 13.0. The van der Waals surface area contributed by atoms with Crippen LogP contribution >= 0.6 is 23.2 Å². The molecule has 0 saturated carbocycles. The van der Waals surface area contributed by atoms with Crippen LogP contribution in [0.4, 0.5) is 5.69 Å². The minimum Gasteiger partial charge on any atom is -1.00 e. The second kappa shape index (κ2) is 6.63. The first kappa shape index (κ1) is 18.6. The summed E-state index contributed by atoms with van der Waals surface area (Å²) in [7, 11) is -3.55. The topological polar surface area (TPSA) is 74.7 Å². The molecule has 1 aliphatic heterocycles. The van der Waals surface area contributed by atoms with E-state index >= 15 is 0 Å². The molecule has 3 rings (SSSR count). The molecule has 0 aliphatic carbocycles. The van der Waals surface area contributed by atoms with Gasteiger partial charge in [0.15, 0.2) is 15.6 Å². The number of carbonyl (C=O) groups excluding carboxylic acids is 1. The Labute approximate surface area is 166 Å². The molecule has 0 fully saturated rings. The largest absolute Gasteiger partial charge is 1.00 e. The van der Waals surface area contributed by atoms with Crippen LogP contribution < -0.4 is 34.5 Å². The summed E-state index contributed by atoms with van der Waals surface area (Å²) >= 11 is 11.6. The Hall–Kier alpha value is -0.760. The van der Waals surface area contributed by atoms with E-state index in [9.17, 15) is 18.3 Å². The molecule has 1 aliphatic rings. The summed E-state index contributed by atoms with van der Waals surface area (Å²) in [4.78, 5) is 13.8. The molecule has 9 heteroatoms. The monoisotopic (exact) mass is 381 g/mol. The number of anilines is 1. The van der Waals surface area contributed by atoms with E-state index < -0.39 is 21.6 Å². The summed E-state index contributed by atoms with van der Waals surface area (Å²) < 4.78 is 24.2. The Morgan fingerprint density at radius 1 is 1.17 bits per heavy atom. The van der Waals surface area contributed by atoms with Crippen molar-refractivity contribution >= 4 is 44.6 Å². The van der Waals surface area contributed by atoms with Crippen LogP contribution in [0.1, 0.15) is 11.8 Å². The fraction of sp³-hybridized carbons (Fsp3) is 0.0714. The molecule has 5 nitrogen and oxygen atoms in total. The van der Waals surface area contributed by atoms with Gasteiger partial charge in [-0.3, -0.25) is 9.69 Å². The molecule has 0 aromatic heterocycles. The molecule has 1 amide bonds. The van der Waals surface area contributed by atoms with E-state index in [1.54, 1.807) is 18.2 Å². The van der Waals surface area contributed by atoms with Crippen molar-refractivity contribution in [3.05, 3.63) is 52.0 Å². The van der Waals surface area contributed by atoms with Gasteiger partial charge in [0.1, 0.15) is 5.88 Å². The number of carbonyl (C=O) groups is 1. The Balaban J connectivity index is 0.00000144. The smallest absolute Gasteiger partial charge is 1.00 e. The van der Waals surface area contributed by atoms with E-state index in [0.717, 1.165) is 4.90 Å². The first-order valence-electron chi connectivity index (χ1n) is 6.13. The minimum atomic E-state index is -3.55. The summed E-state index contributed by atoms with van der Waals surface area (Å²) in [6, 6.07) is 8.75. The van der Waals surface area contributed by atoms with Gasteiger partial charge in [0.2, 0.25) is 0 Å². The number of phenolic OH excluding ortho intramolecular Hbond substituents is 1. The van der Waals surface area contributed by atoms with E-state index in [4.69, 9.17) is 23.2 Å². The molecule has 0 spiro atoms. The van der Waals surface area contributed by atoms with Crippen molar-refractivity contribution in [2.24, 2.45) is 0 Å². The van der Waals surface area contributed by atoms with E-state index in [1.807, 2.05) is 0 Å². The van der Waals surface area contributed by atoms with E-state index in [0.29, 0.717) is 5.69 Å². The average molecular weight is 382 g/mol. The standard InChI is InChI=1S/C14H9Cl2NO4S.Na.H/c15-9-5-8(6-10(16)13(9)18)14(19)17-7-22(20,21)12-4-2-1-3-11(12)17;;/h1-6,18H,7H2;;/q;+1;-1. The quantitative estimate of drug-likeness (QED) is 0.716. The van der Waals surface area contributed by atoms with E-state index in [-0.39, 0.29) is 57.2 Å². The van der Waals surface area contributed by atoms with Crippen LogP contribution in [0.5, 0.6) is 5.75 Å². The SMILES string of the molecule is O=C(c1cc(Cl)c(O)c(Cl)c1)N1CS(=O)(=O)c2ccccc21.[H-].[Na+]. The van der Waals surface area contributed by atoms with Crippen LogP contribution in [0.3, 0.4) is 0 Å². The number of benzene rings is 2. The number of rotatable bonds is 1. The molecular formula is C14H10Cl2NNaO4S. The summed E-state index contributed by atoms with van der Waals surface area (Å²) in [5, 5.41) is 9.38. The molecule has 116 valence electrons. The van der Waals surface area contributed by atoms with Gasteiger partial charge in [0, 0.05) is 5.56 Å². The first-order valence-corrected chi connectivity index (χ1v) is 8.54. The van der Waals surface area contributed by atoms with Crippen LogP contribution in [0, 0.1) is 0 Å². The zero-order valence-corrected chi connectivity index (χ0v) is 16.3. The molecule has 2 aromatic carbocycles. The maximum atomic E-state index is 12.6. The molecule has 1 heterocycles. The zero-order chi connectivity index (χ0) is 16.1. The predicted molar refractivity (Wildman–Crippen MR) is 84.5 cm³/mol.